The van der Waals surface area contributed by atoms with Crippen LogP contribution in [0.2, 0.25) is 0 Å². The molecule has 1 fully saturated rings. The fraction of sp³-hybridized carbons (Fsp3) is 0.500. The molecule has 1 aliphatic carbocycles. The number of rotatable bonds is 5. The van der Waals surface area contributed by atoms with E-state index in [-0.39, 0.29) is 24.2 Å². The van der Waals surface area contributed by atoms with Gasteiger partial charge in [0.05, 0.1) is 12.0 Å². The van der Waals surface area contributed by atoms with Crippen molar-refractivity contribution >= 4 is 23.5 Å². The van der Waals surface area contributed by atoms with Crippen molar-refractivity contribution in [2.75, 3.05) is 19.0 Å². The highest BCUT2D eigenvalue weighted by molar-refractivity contribution is 6.02. The molecule has 0 bridgehead atoms. The van der Waals surface area contributed by atoms with Crippen LogP contribution >= 0.6 is 0 Å². The van der Waals surface area contributed by atoms with Crippen LogP contribution in [0.1, 0.15) is 48.5 Å². The minimum absolute atomic E-state index is 0.0388. The minimum atomic E-state index is -0.676. The molecule has 0 radical (unpaired) electrons. The lowest BCUT2D eigenvalue weighted by molar-refractivity contribution is -0.163. The van der Waals surface area contributed by atoms with Crippen LogP contribution in [0.5, 0.6) is 0 Å². The van der Waals surface area contributed by atoms with Gasteiger partial charge in [-0.05, 0) is 31.9 Å². The Morgan fingerprint density at radius 1 is 1.33 bits per heavy atom. The van der Waals surface area contributed by atoms with Crippen molar-refractivity contribution < 1.29 is 19.1 Å². The highest BCUT2D eigenvalue weighted by Crippen LogP contribution is 2.45. The van der Waals surface area contributed by atoms with E-state index in [0.717, 1.165) is 12.0 Å². The van der Waals surface area contributed by atoms with E-state index in [0.29, 0.717) is 37.2 Å². The largest absolute Gasteiger partial charge is 0.466 e. The lowest BCUT2D eigenvalue weighted by Gasteiger charge is -2.38. The molecule has 6 nitrogen and oxygen atoms in total. The molecule has 1 heterocycles. The summed E-state index contributed by atoms with van der Waals surface area (Å²) < 4.78 is 5.13. The number of carbonyl (C=O) groups excluding carboxylic acids is 3. The van der Waals surface area contributed by atoms with Crippen molar-refractivity contribution in [3.8, 4) is 0 Å². The Kier molecular flexibility index (Phi) is 4.30. The zero-order valence-corrected chi connectivity index (χ0v) is 14.1. The molecule has 2 aliphatic rings. The van der Waals surface area contributed by atoms with E-state index in [1.165, 1.54) is 0 Å². The van der Waals surface area contributed by atoms with Crippen molar-refractivity contribution in [3.63, 3.8) is 0 Å². The lowest BCUT2D eigenvalue weighted by atomic mass is 9.66. The number of nitrogens with one attached hydrogen (secondary N) is 1. The van der Waals surface area contributed by atoms with Crippen molar-refractivity contribution in [1.29, 1.82) is 0 Å². The molecule has 0 unspecified atom stereocenters. The first-order valence-electron chi connectivity index (χ1n) is 8.31. The number of benzene rings is 1. The molecule has 1 aromatic carbocycles. The number of carbonyl (C=O) groups is 3. The SMILES string of the molecule is CCOC(=O)C1(CC(=O)Nc2cccc3c2CN(C)C3=O)CCC1. The van der Waals surface area contributed by atoms with E-state index < -0.39 is 5.41 Å². The number of ether oxygens (including phenoxy) is 1. The van der Waals surface area contributed by atoms with E-state index in [1.54, 1.807) is 37.1 Å². The van der Waals surface area contributed by atoms with E-state index in [2.05, 4.69) is 5.32 Å². The average molecular weight is 330 g/mol. The molecule has 2 amide bonds. The maximum atomic E-state index is 12.5. The van der Waals surface area contributed by atoms with E-state index in [1.807, 2.05) is 0 Å². The summed E-state index contributed by atoms with van der Waals surface area (Å²) in [5.74, 6) is -0.527. The van der Waals surface area contributed by atoms with Gasteiger partial charge in [-0.15, -0.1) is 0 Å². The van der Waals surface area contributed by atoms with Gasteiger partial charge in [0.15, 0.2) is 0 Å². The van der Waals surface area contributed by atoms with Gasteiger partial charge in [-0.3, -0.25) is 14.4 Å². The van der Waals surface area contributed by atoms with Gasteiger partial charge in [-0.2, -0.15) is 0 Å². The summed E-state index contributed by atoms with van der Waals surface area (Å²) in [5.41, 5.74) is 1.43. The summed E-state index contributed by atoms with van der Waals surface area (Å²) in [4.78, 5) is 38.3. The fourth-order valence-corrected chi connectivity index (χ4v) is 3.43. The van der Waals surface area contributed by atoms with Crippen molar-refractivity contribution in [1.82, 2.24) is 4.90 Å². The van der Waals surface area contributed by atoms with E-state index in [4.69, 9.17) is 4.74 Å². The van der Waals surface area contributed by atoms with Crippen LogP contribution < -0.4 is 5.32 Å². The van der Waals surface area contributed by atoms with Crippen LogP contribution in [-0.2, 0) is 20.9 Å². The molecule has 24 heavy (non-hydrogen) atoms. The molecule has 0 spiro atoms. The third kappa shape index (κ3) is 2.77. The summed E-state index contributed by atoms with van der Waals surface area (Å²) in [7, 11) is 1.73. The summed E-state index contributed by atoms with van der Waals surface area (Å²) in [6.45, 7) is 2.57. The van der Waals surface area contributed by atoms with Crippen LogP contribution in [-0.4, -0.2) is 36.3 Å². The standard InChI is InChI=1S/C18H22N2O4/c1-3-24-17(23)18(8-5-9-18)10-15(21)19-14-7-4-6-12-13(14)11-20(2)16(12)22/h4,6-7H,3,5,8-11H2,1-2H3,(H,19,21). The monoisotopic (exact) mass is 330 g/mol. The second-order valence-corrected chi connectivity index (χ2v) is 6.57. The Balaban J connectivity index is 1.73. The Morgan fingerprint density at radius 3 is 2.71 bits per heavy atom. The second kappa shape index (κ2) is 6.26. The lowest BCUT2D eigenvalue weighted by Crippen LogP contribution is -2.42. The summed E-state index contributed by atoms with van der Waals surface area (Å²) in [5, 5.41) is 2.88. The molecular weight excluding hydrogens is 308 g/mol. The number of fused-ring (bicyclic) bond motifs is 1. The van der Waals surface area contributed by atoms with Gasteiger partial charge in [-0.25, -0.2) is 0 Å². The molecule has 1 saturated carbocycles. The molecule has 6 heteroatoms. The second-order valence-electron chi connectivity index (χ2n) is 6.57. The smallest absolute Gasteiger partial charge is 0.312 e. The highest BCUT2D eigenvalue weighted by Gasteiger charge is 2.47. The van der Waals surface area contributed by atoms with Crippen molar-refractivity contribution in [3.05, 3.63) is 29.3 Å². The van der Waals surface area contributed by atoms with Crippen molar-refractivity contribution in [2.45, 2.75) is 39.2 Å². The molecule has 0 atom stereocenters. The topological polar surface area (TPSA) is 75.7 Å². The molecule has 0 aromatic heterocycles. The maximum absolute atomic E-state index is 12.5. The van der Waals surface area contributed by atoms with E-state index in [9.17, 15) is 14.4 Å². The Labute approximate surface area is 141 Å². The number of hydrogen-bond donors (Lipinski definition) is 1. The fourth-order valence-electron chi connectivity index (χ4n) is 3.43. The molecule has 128 valence electrons. The number of anilines is 1. The first-order chi connectivity index (χ1) is 11.5. The maximum Gasteiger partial charge on any atom is 0.312 e. The van der Waals surface area contributed by atoms with Gasteiger partial charge in [0, 0.05) is 36.8 Å². The van der Waals surface area contributed by atoms with Crippen LogP contribution in [0, 0.1) is 5.41 Å². The predicted octanol–water partition coefficient (Wildman–Crippen LogP) is 2.33. The first-order valence-corrected chi connectivity index (χ1v) is 8.31. The van der Waals surface area contributed by atoms with E-state index >= 15 is 0 Å². The van der Waals surface area contributed by atoms with Crippen LogP contribution in [0.3, 0.4) is 0 Å². The Bertz CT molecular complexity index is 694. The Hall–Kier alpha value is -2.37. The van der Waals surface area contributed by atoms with Gasteiger partial charge >= 0.3 is 5.97 Å². The summed E-state index contributed by atoms with van der Waals surface area (Å²) >= 11 is 0. The molecule has 1 aromatic rings. The quantitative estimate of drug-likeness (QED) is 0.841. The number of hydrogen-bond acceptors (Lipinski definition) is 4. The third-order valence-corrected chi connectivity index (χ3v) is 4.94. The van der Waals surface area contributed by atoms with Gasteiger partial charge in [0.25, 0.3) is 5.91 Å². The van der Waals surface area contributed by atoms with Crippen LogP contribution in [0.15, 0.2) is 18.2 Å². The highest BCUT2D eigenvalue weighted by atomic mass is 16.5. The zero-order valence-electron chi connectivity index (χ0n) is 14.1. The zero-order chi connectivity index (χ0) is 17.3. The van der Waals surface area contributed by atoms with Crippen LogP contribution in [0.4, 0.5) is 5.69 Å². The number of amides is 2. The molecule has 1 N–H and O–H groups in total. The third-order valence-electron chi connectivity index (χ3n) is 4.94. The predicted molar refractivity (Wildman–Crippen MR) is 88.4 cm³/mol. The van der Waals surface area contributed by atoms with Gasteiger partial charge in [0.1, 0.15) is 0 Å². The molecule has 0 saturated heterocycles. The molecule has 3 rings (SSSR count). The van der Waals surface area contributed by atoms with Gasteiger partial charge in [-0.1, -0.05) is 12.5 Å². The number of esters is 1. The molecule has 1 aliphatic heterocycles. The number of nitrogens with zero attached hydrogens (tertiary/aromatic N) is 1. The van der Waals surface area contributed by atoms with Gasteiger partial charge in [0.2, 0.25) is 5.91 Å². The van der Waals surface area contributed by atoms with Crippen molar-refractivity contribution in [2.24, 2.45) is 5.41 Å². The van der Waals surface area contributed by atoms with Gasteiger partial charge < -0.3 is 15.0 Å². The molecular formula is C18H22N2O4. The summed E-state index contributed by atoms with van der Waals surface area (Å²) in [6, 6.07) is 5.32. The average Bonchev–Trinajstić information content (AvgIpc) is 2.80. The normalized spacial score (nSPS) is 17.9. The summed E-state index contributed by atoms with van der Waals surface area (Å²) in [6.07, 6.45) is 2.44. The minimum Gasteiger partial charge on any atom is -0.466 e. The Morgan fingerprint density at radius 2 is 2.08 bits per heavy atom. The van der Waals surface area contributed by atoms with Crippen LogP contribution in [0.25, 0.3) is 0 Å². The first kappa shape index (κ1) is 16.5.